The maximum Gasteiger partial charge on any atom is 0.348 e. The van der Waals surface area contributed by atoms with Crippen LogP contribution in [0.5, 0.6) is 0 Å². The summed E-state index contributed by atoms with van der Waals surface area (Å²) >= 11 is 0. The Kier molecular flexibility index (Phi) is 2.58. The highest BCUT2D eigenvalue weighted by molar-refractivity contribution is 5.86. The fourth-order valence-corrected chi connectivity index (χ4v) is 1.99. The normalized spacial score (nSPS) is 10.9. The number of hydrogen-bond donors (Lipinski definition) is 3. The van der Waals surface area contributed by atoms with E-state index < -0.39 is 16.0 Å². The predicted octanol–water partition coefficient (Wildman–Crippen LogP) is 0.225. The van der Waals surface area contributed by atoms with Crippen LogP contribution in [0.25, 0.3) is 22.4 Å². The molecule has 0 saturated heterocycles. The van der Waals surface area contributed by atoms with Gasteiger partial charge in [0.2, 0.25) is 0 Å². The van der Waals surface area contributed by atoms with E-state index in [0.717, 1.165) is 6.07 Å². The van der Waals surface area contributed by atoms with E-state index in [-0.39, 0.29) is 32.8 Å². The standard InChI is InChI=1S/C11H7N5O5/c17-10-11(18)15(19)8-3-5(9-12-1-2-13-9)7(16(20)21)4-6(8)14-10/h1-4,19H,(H,12,13)(H,14,17). The van der Waals surface area contributed by atoms with Gasteiger partial charge in [-0.1, -0.05) is 0 Å². The van der Waals surface area contributed by atoms with Gasteiger partial charge in [-0.05, 0) is 6.07 Å². The quantitative estimate of drug-likeness (QED) is 0.266. The molecule has 0 unspecified atom stereocenters. The summed E-state index contributed by atoms with van der Waals surface area (Å²) < 4.78 is 0.143. The van der Waals surface area contributed by atoms with Crippen LogP contribution >= 0.6 is 0 Å². The number of nitrogens with zero attached hydrogens (tertiary/aromatic N) is 3. The van der Waals surface area contributed by atoms with Gasteiger partial charge in [0.05, 0.1) is 16.0 Å². The SMILES string of the molecule is O=c1[nH]c2cc([N+](=O)[O-])c(-c3ncc[nH]3)cc2n(O)c1=O. The van der Waals surface area contributed by atoms with Gasteiger partial charge >= 0.3 is 11.1 Å². The molecule has 0 spiro atoms. The largest absolute Gasteiger partial charge is 0.425 e. The van der Waals surface area contributed by atoms with Crippen LogP contribution in [0.4, 0.5) is 5.69 Å². The molecule has 3 N–H and O–H groups in total. The highest BCUT2D eigenvalue weighted by atomic mass is 16.6. The summed E-state index contributed by atoms with van der Waals surface area (Å²) in [4.78, 5) is 42.0. The second kappa shape index (κ2) is 4.30. The molecule has 0 bridgehead atoms. The van der Waals surface area contributed by atoms with Gasteiger partial charge in [-0.3, -0.25) is 19.7 Å². The van der Waals surface area contributed by atoms with Gasteiger partial charge < -0.3 is 15.2 Å². The lowest BCUT2D eigenvalue weighted by Gasteiger charge is -2.05. The molecule has 2 heterocycles. The predicted molar refractivity (Wildman–Crippen MR) is 70.2 cm³/mol. The van der Waals surface area contributed by atoms with Crippen LogP contribution in [0.3, 0.4) is 0 Å². The molecule has 106 valence electrons. The zero-order valence-corrected chi connectivity index (χ0v) is 10.2. The number of H-pyrrole nitrogens is 2. The van der Waals surface area contributed by atoms with Crippen molar-refractivity contribution in [2.45, 2.75) is 0 Å². The first-order valence-electron chi connectivity index (χ1n) is 5.65. The molecule has 10 heteroatoms. The number of aromatic amines is 2. The van der Waals surface area contributed by atoms with Crippen LogP contribution in [0, 0.1) is 10.1 Å². The second-order valence-corrected chi connectivity index (χ2v) is 4.15. The third kappa shape index (κ3) is 1.85. The Morgan fingerprint density at radius 2 is 2.10 bits per heavy atom. The van der Waals surface area contributed by atoms with Crippen molar-refractivity contribution >= 4 is 16.7 Å². The third-order valence-corrected chi connectivity index (χ3v) is 2.93. The number of rotatable bonds is 2. The van der Waals surface area contributed by atoms with E-state index in [1.54, 1.807) is 0 Å². The average molecular weight is 289 g/mol. The van der Waals surface area contributed by atoms with Gasteiger partial charge in [0.25, 0.3) is 5.69 Å². The number of aromatic nitrogens is 4. The number of benzene rings is 1. The molecule has 2 aromatic heterocycles. The van der Waals surface area contributed by atoms with Crippen LogP contribution in [-0.4, -0.2) is 29.8 Å². The van der Waals surface area contributed by atoms with Crippen molar-refractivity contribution in [1.82, 2.24) is 19.7 Å². The maximum absolute atomic E-state index is 11.4. The van der Waals surface area contributed by atoms with Gasteiger partial charge in [-0.25, -0.2) is 4.98 Å². The molecule has 10 nitrogen and oxygen atoms in total. The lowest BCUT2D eigenvalue weighted by molar-refractivity contribution is -0.384. The molecular weight excluding hydrogens is 282 g/mol. The molecule has 0 fully saturated rings. The van der Waals surface area contributed by atoms with Gasteiger partial charge in [0, 0.05) is 18.5 Å². The second-order valence-electron chi connectivity index (χ2n) is 4.15. The van der Waals surface area contributed by atoms with Crippen LogP contribution in [0.15, 0.2) is 34.1 Å². The molecular formula is C11H7N5O5. The minimum Gasteiger partial charge on any atom is -0.425 e. The Morgan fingerprint density at radius 3 is 2.71 bits per heavy atom. The van der Waals surface area contributed by atoms with E-state index in [2.05, 4.69) is 15.0 Å². The molecule has 0 atom stereocenters. The Labute approximate surface area is 114 Å². The minimum absolute atomic E-state index is 0.0379. The monoisotopic (exact) mass is 289 g/mol. The number of nitro groups is 1. The number of imidazole rings is 1. The van der Waals surface area contributed by atoms with Crippen molar-refractivity contribution in [2.75, 3.05) is 0 Å². The molecule has 21 heavy (non-hydrogen) atoms. The van der Waals surface area contributed by atoms with E-state index in [1.807, 2.05) is 0 Å². The molecule has 0 amide bonds. The molecule has 1 aromatic carbocycles. The molecule has 3 aromatic rings. The zero-order valence-electron chi connectivity index (χ0n) is 10.2. The van der Waals surface area contributed by atoms with Crippen molar-refractivity contribution in [3.63, 3.8) is 0 Å². The summed E-state index contributed by atoms with van der Waals surface area (Å²) in [6.45, 7) is 0. The van der Waals surface area contributed by atoms with Gasteiger partial charge in [-0.2, -0.15) is 0 Å². The summed E-state index contributed by atoms with van der Waals surface area (Å²) in [5.74, 6) is 0.197. The summed E-state index contributed by atoms with van der Waals surface area (Å²) in [6, 6.07) is 2.25. The smallest absolute Gasteiger partial charge is 0.348 e. The highest BCUT2D eigenvalue weighted by Crippen LogP contribution is 2.30. The van der Waals surface area contributed by atoms with Crippen LogP contribution in [-0.2, 0) is 0 Å². The lowest BCUT2D eigenvalue weighted by Crippen LogP contribution is -2.35. The van der Waals surface area contributed by atoms with Crippen molar-refractivity contribution < 1.29 is 10.1 Å². The summed E-state index contributed by atoms with van der Waals surface area (Å²) in [5.41, 5.74) is -2.62. The highest BCUT2D eigenvalue weighted by Gasteiger charge is 2.21. The topological polar surface area (TPSA) is 147 Å². The van der Waals surface area contributed by atoms with Crippen molar-refractivity contribution in [1.29, 1.82) is 0 Å². The van der Waals surface area contributed by atoms with Crippen LogP contribution < -0.4 is 11.1 Å². The van der Waals surface area contributed by atoms with Gasteiger partial charge in [0.1, 0.15) is 11.3 Å². The lowest BCUT2D eigenvalue weighted by atomic mass is 10.1. The molecule has 3 rings (SSSR count). The van der Waals surface area contributed by atoms with Gasteiger partial charge in [0.15, 0.2) is 0 Å². The minimum atomic E-state index is -1.18. The first-order chi connectivity index (χ1) is 9.99. The van der Waals surface area contributed by atoms with E-state index >= 15 is 0 Å². The van der Waals surface area contributed by atoms with E-state index in [9.17, 15) is 24.9 Å². The van der Waals surface area contributed by atoms with Crippen molar-refractivity contribution in [3.8, 4) is 11.4 Å². The Bertz CT molecular complexity index is 969. The van der Waals surface area contributed by atoms with Crippen LogP contribution in [0.2, 0.25) is 0 Å². The first-order valence-corrected chi connectivity index (χ1v) is 5.65. The number of hydrogen-bond acceptors (Lipinski definition) is 6. The van der Waals surface area contributed by atoms with Gasteiger partial charge in [-0.15, -0.1) is 4.73 Å². The molecule has 0 aliphatic carbocycles. The fraction of sp³-hybridized carbons (Fsp3) is 0. The fourth-order valence-electron chi connectivity index (χ4n) is 1.99. The van der Waals surface area contributed by atoms with Crippen molar-refractivity contribution in [2.24, 2.45) is 0 Å². The Hall–Kier alpha value is -3.43. The van der Waals surface area contributed by atoms with Crippen LogP contribution in [0.1, 0.15) is 0 Å². The third-order valence-electron chi connectivity index (χ3n) is 2.93. The molecule has 0 radical (unpaired) electrons. The van der Waals surface area contributed by atoms with E-state index in [0.29, 0.717) is 0 Å². The van der Waals surface area contributed by atoms with E-state index in [4.69, 9.17) is 0 Å². The molecule has 0 saturated carbocycles. The number of fused-ring (bicyclic) bond motifs is 1. The Morgan fingerprint density at radius 1 is 1.33 bits per heavy atom. The molecule has 0 aliphatic rings. The maximum atomic E-state index is 11.4. The zero-order chi connectivity index (χ0) is 15.1. The summed E-state index contributed by atoms with van der Waals surface area (Å²) in [6.07, 6.45) is 2.88. The molecule has 0 aliphatic heterocycles. The Balaban J connectivity index is 2.47. The first kappa shape index (κ1) is 12.6. The number of nitrogens with one attached hydrogen (secondary N) is 2. The summed E-state index contributed by atoms with van der Waals surface area (Å²) in [7, 11) is 0. The van der Waals surface area contributed by atoms with Crippen molar-refractivity contribution in [3.05, 3.63) is 55.3 Å². The summed E-state index contributed by atoms with van der Waals surface area (Å²) in [5, 5.41) is 20.8. The average Bonchev–Trinajstić information content (AvgIpc) is 2.98. The van der Waals surface area contributed by atoms with E-state index in [1.165, 1.54) is 18.5 Å². The number of nitro benzene ring substituents is 1.